The van der Waals surface area contributed by atoms with Crippen LogP contribution >= 0.6 is 0 Å². The van der Waals surface area contributed by atoms with Crippen molar-refractivity contribution in [2.45, 2.75) is 13.3 Å². The zero-order valence-corrected chi connectivity index (χ0v) is 7.80. The van der Waals surface area contributed by atoms with E-state index < -0.39 is 0 Å². The van der Waals surface area contributed by atoms with Gasteiger partial charge in [0.25, 0.3) is 0 Å². The lowest BCUT2D eigenvalue weighted by molar-refractivity contribution is -0.116. The average Bonchev–Trinajstić information content (AvgIpc) is 2.47. The molecule has 0 radical (unpaired) electrons. The fourth-order valence-corrected chi connectivity index (χ4v) is 1.57. The summed E-state index contributed by atoms with van der Waals surface area (Å²) in [6.07, 6.45) is 2.15. The number of hydrogen-bond acceptors (Lipinski definition) is 1. The Morgan fingerprint density at radius 3 is 3.00 bits per heavy atom. The number of ketones is 1. The van der Waals surface area contributed by atoms with E-state index >= 15 is 0 Å². The van der Waals surface area contributed by atoms with Gasteiger partial charge in [0.1, 0.15) is 11.6 Å². The molecule has 0 aliphatic heterocycles. The molecule has 0 amide bonds. The van der Waals surface area contributed by atoms with Crippen molar-refractivity contribution >= 4 is 16.7 Å². The molecule has 3 heteroatoms. The molecule has 1 heterocycles. The minimum atomic E-state index is -0.270. The number of aromatic nitrogens is 1. The van der Waals surface area contributed by atoms with Crippen LogP contribution in [0, 0.1) is 5.82 Å². The first-order valence-electron chi connectivity index (χ1n) is 4.42. The van der Waals surface area contributed by atoms with Gasteiger partial charge in [0.2, 0.25) is 0 Å². The molecule has 72 valence electrons. The van der Waals surface area contributed by atoms with Crippen molar-refractivity contribution in [2.24, 2.45) is 0 Å². The van der Waals surface area contributed by atoms with Crippen LogP contribution in [0.4, 0.5) is 4.39 Å². The number of benzene rings is 1. The molecule has 2 nitrogen and oxygen atoms in total. The van der Waals surface area contributed by atoms with Crippen LogP contribution < -0.4 is 0 Å². The molecule has 2 rings (SSSR count). The summed E-state index contributed by atoms with van der Waals surface area (Å²) in [4.78, 5) is 13.9. The minimum absolute atomic E-state index is 0.107. The average molecular weight is 191 g/mol. The van der Waals surface area contributed by atoms with Gasteiger partial charge in [-0.2, -0.15) is 0 Å². The Kier molecular flexibility index (Phi) is 2.08. The Morgan fingerprint density at radius 1 is 1.50 bits per heavy atom. The zero-order valence-electron chi connectivity index (χ0n) is 7.80. The first kappa shape index (κ1) is 8.94. The summed E-state index contributed by atoms with van der Waals surface area (Å²) in [6, 6.07) is 4.53. The van der Waals surface area contributed by atoms with Gasteiger partial charge < -0.3 is 4.98 Å². The quantitative estimate of drug-likeness (QED) is 0.777. The Labute approximate surface area is 80.7 Å². The molecular formula is C11H10FNO. The van der Waals surface area contributed by atoms with Gasteiger partial charge in [0, 0.05) is 23.5 Å². The Bertz CT molecular complexity index is 487. The number of nitrogens with one attached hydrogen (secondary N) is 1. The number of H-pyrrole nitrogens is 1. The topological polar surface area (TPSA) is 32.9 Å². The molecule has 1 aromatic carbocycles. The fraction of sp³-hybridized carbons (Fsp3) is 0.182. The van der Waals surface area contributed by atoms with E-state index in [4.69, 9.17) is 0 Å². The van der Waals surface area contributed by atoms with Crippen molar-refractivity contribution in [1.29, 1.82) is 0 Å². The zero-order chi connectivity index (χ0) is 10.1. The van der Waals surface area contributed by atoms with Crippen LogP contribution in [0.15, 0.2) is 24.4 Å². The van der Waals surface area contributed by atoms with Gasteiger partial charge in [-0.05, 0) is 30.7 Å². The van der Waals surface area contributed by atoms with Crippen molar-refractivity contribution < 1.29 is 9.18 Å². The lowest BCUT2D eigenvalue weighted by atomic mass is 10.1. The molecule has 0 spiro atoms. The molecular weight excluding hydrogens is 181 g/mol. The second-order valence-electron chi connectivity index (χ2n) is 3.38. The van der Waals surface area contributed by atoms with Gasteiger partial charge in [0.05, 0.1) is 0 Å². The molecule has 1 aromatic heterocycles. The molecule has 0 saturated heterocycles. The molecule has 0 aliphatic carbocycles. The summed E-state index contributed by atoms with van der Waals surface area (Å²) in [5, 5.41) is 0.918. The molecule has 0 atom stereocenters. The molecule has 1 N–H and O–H groups in total. The van der Waals surface area contributed by atoms with Crippen LogP contribution in [-0.4, -0.2) is 10.8 Å². The smallest absolute Gasteiger partial charge is 0.134 e. The number of carbonyl (C=O) groups is 1. The van der Waals surface area contributed by atoms with Gasteiger partial charge in [0.15, 0.2) is 0 Å². The lowest BCUT2D eigenvalue weighted by Crippen LogP contribution is -1.94. The van der Waals surface area contributed by atoms with Crippen LogP contribution in [0.25, 0.3) is 10.9 Å². The normalized spacial score (nSPS) is 10.7. The van der Waals surface area contributed by atoms with Crippen molar-refractivity contribution in [2.75, 3.05) is 0 Å². The highest BCUT2D eigenvalue weighted by Gasteiger charge is 2.05. The van der Waals surface area contributed by atoms with E-state index in [2.05, 4.69) is 4.98 Å². The molecule has 0 fully saturated rings. The summed E-state index contributed by atoms with van der Waals surface area (Å²) >= 11 is 0. The third kappa shape index (κ3) is 1.53. The molecule has 2 aromatic rings. The van der Waals surface area contributed by atoms with E-state index in [0.717, 1.165) is 16.5 Å². The summed E-state index contributed by atoms with van der Waals surface area (Å²) in [7, 11) is 0. The van der Waals surface area contributed by atoms with E-state index in [0.29, 0.717) is 6.42 Å². The molecule has 0 bridgehead atoms. The molecule has 0 saturated carbocycles. The van der Waals surface area contributed by atoms with Crippen molar-refractivity contribution in [3.8, 4) is 0 Å². The van der Waals surface area contributed by atoms with Crippen LogP contribution in [0.2, 0.25) is 0 Å². The van der Waals surface area contributed by atoms with Gasteiger partial charge in [-0.3, -0.25) is 4.79 Å². The highest BCUT2D eigenvalue weighted by Crippen LogP contribution is 2.19. The van der Waals surface area contributed by atoms with Crippen molar-refractivity contribution in [3.63, 3.8) is 0 Å². The minimum Gasteiger partial charge on any atom is -0.361 e. The summed E-state index contributed by atoms with van der Waals surface area (Å²) in [5.41, 5.74) is 1.66. The third-order valence-electron chi connectivity index (χ3n) is 2.17. The van der Waals surface area contributed by atoms with E-state index in [1.807, 2.05) is 0 Å². The number of Topliss-reactive ketones (excluding diaryl/α,β-unsaturated/α-hetero) is 1. The van der Waals surface area contributed by atoms with Crippen LogP contribution in [0.5, 0.6) is 0 Å². The van der Waals surface area contributed by atoms with Gasteiger partial charge in [-0.25, -0.2) is 4.39 Å². The Balaban J connectivity index is 2.52. The summed E-state index contributed by atoms with van der Waals surface area (Å²) in [5.74, 6) is -0.163. The summed E-state index contributed by atoms with van der Waals surface area (Å²) < 4.78 is 12.8. The number of aromatic amines is 1. The fourth-order valence-electron chi connectivity index (χ4n) is 1.57. The second-order valence-corrected chi connectivity index (χ2v) is 3.38. The standard InChI is InChI=1S/C11H10FNO/c1-7(14)4-8-6-13-11-5-9(12)2-3-10(8)11/h2-3,5-6,13H,4H2,1H3. The van der Waals surface area contributed by atoms with E-state index in [9.17, 15) is 9.18 Å². The maximum atomic E-state index is 12.8. The third-order valence-corrected chi connectivity index (χ3v) is 2.17. The molecule has 14 heavy (non-hydrogen) atoms. The van der Waals surface area contributed by atoms with Gasteiger partial charge in [-0.1, -0.05) is 0 Å². The maximum Gasteiger partial charge on any atom is 0.134 e. The highest BCUT2D eigenvalue weighted by molar-refractivity contribution is 5.88. The maximum absolute atomic E-state index is 12.8. The second kappa shape index (κ2) is 3.25. The number of hydrogen-bond donors (Lipinski definition) is 1. The van der Waals surface area contributed by atoms with Crippen LogP contribution in [0.3, 0.4) is 0 Å². The van der Waals surface area contributed by atoms with Gasteiger partial charge >= 0.3 is 0 Å². The molecule has 0 aliphatic rings. The number of halogens is 1. The first-order valence-corrected chi connectivity index (χ1v) is 4.42. The van der Waals surface area contributed by atoms with Crippen molar-refractivity contribution in [3.05, 3.63) is 35.8 Å². The molecule has 0 unspecified atom stereocenters. The Hall–Kier alpha value is -1.64. The lowest BCUT2D eigenvalue weighted by Gasteiger charge is -1.94. The first-order chi connectivity index (χ1) is 6.66. The van der Waals surface area contributed by atoms with E-state index in [1.165, 1.54) is 12.1 Å². The number of rotatable bonds is 2. The SMILES string of the molecule is CC(=O)Cc1c[nH]c2cc(F)ccc12. The largest absolute Gasteiger partial charge is 0.361 e. The predicted octanol–water partition coefficient (Wildman–Crippen LogP) is 2.44. The van der Waals surface area contributed by atoms with Crippen LogP contribution in [0.1, 0.15) is 12.5 Å². The van der Waals surface area contributed by atoms with Crippen molar-refractivity contribution in [1.82, 2.24) is 4.98 Å². The summed E-state index contributed by atoms with van der Waals surface area (Å²) in [6.45, 7) is 1.54. The monoisotopic (exact) mass is 191 g/mol. The van der Waals surface area contributed by atoms with Crippen LogP contribution in [-0.2, 0) is 11.2 Å². The Morgan fingerprint density at radius 2 is 2.29 bits per heavy atom. The van der Waals surface area contributed by atoms with E-state index in [-0.39, 0.29) is 11.6 Å². The number of carbonyl (C=O) groups excluding carboxylic acids is 1. The highest BCUT2D eigenvalue weighted by atomic mass is 19.1. The van der Waals surface area contributed by atoms with Gasteiger partial charge in [-0.15, -0.1) is 0 Å². The number of fused-ring (bicyclic) bond motifs is 1. The predicted molar refractivity (Wildman–Crippen MR) is 52.6 cm³/mol. The van der Waals surface area contributed by atoms with E-state index in [1.54, 1.807) is 19.2 Å².